The van der Waals surface area contributed by atoms with E-state index in [2.05, 4.69) is 50.7 Å². The Labute approximate surface area is 100 Å². The van der Waals surface area contributed by atoms with Gasteiger partial charge >= 0.3 is 6.71 Å². The molecule has 2 heterocycles. The maximum absolute atomic E-state index is 4.20. The highest BCUT2D eigenvalue weighted by atomic mass is 15.0. The molecule has 0 fully saturated rings. The topological polar surface area (TPSA) is 77.3 Å². The van der Waals surface area contributed by atoms with Crippen molar-refractivity contribution in [3.63, 3.8) is 0 Å². The summed E-state index contributed by atoms with van der Waals surface area (Å²) in [7, 11) is 0. The largest absolute Gasteiger partial charge is 0.311 e. The van der Waals surface area contributed by atoms with Crippen LogP contribution in [0.3, 0.4) is 0 Å². The molecule has 86 valence electrons. The van der Waals surface area contributed by atoms with Crippen molar-refractivity contribution in [2.24, 2.45) is 0 Å². The SMILES string of the molecule is CC(C)(C)B(c1ncncn1)c1ncncn1. The fraction of sp³-hybridized carbons (Fsp3) is 0.400. The third-order valence-electron chi connectivity index (χ3n) is 2.41. The molecule has 0 saturated carbocycles. The minimum Gasteiger partial charge on any atom is -0.232 e. The number of hydrogen-bond acceptors (Lipinski definition) is 6. The van der Waals surface area contributed by atoms with E-state index in [1.54, 1.807) is 0 Å². The van der Waals surface area contributed by atoms with Crippen LogP contribution in [-0.2, 0) is 0 Å². The molecule has 7 heteroatoms. The second-order valence-electron chi connectivity index (χ2n) is 4.79. The molecule has 0 aromatic carbocycles. The van der Waals surface area contributed by atoms with E-state index in [0.29, 0.717) is 11.4 Å². The molecule has 0 aliphatic carbocycles. The molecule has 6 nitrogen and oxygen atoms in total. The van der Waals surface area contributed by atoms with Gasteiger partial charge < -0.3 is 0 Å². The molecule has 2 aromatic rings. The molecule has 0 aliphatic heterocycles. The molecule has 17 heavy (non-hydrogen) atoms. The van der Waals surface area contributed by atoms with Gasteiger partial charge in [-0.3, -0.25) is 0 Å². The highest BCUT2D eigenvalue weighted by molar-refractivity contribution is 6.85. The van der Waals surface area contributed by atoms with Gasteiger partial charge in [-0.2, -0.15) is 0 Å². The third-order valence-corrected chi connectivity index (χ3v) is 2.41. The number of rotatable bonds is 2. The Kier molecular flexibility index (Phi) is 3.08. The number of aromatic nitrogens is 6. The van der Waals surface area contributed by atoms with Crippen molar-refractivity contribution in [3.05, 3.63) is 25.3 Å². The van der Waals surface area contributed by atoms with Crippen LogP contribution in [0.1, 0.15) is 20.8 Å². The molecule has 0 radical (unpaired) electrons. The first-order valence-electron chi connectivity index (χ1n) is 5.33. The molecular weight excluding hydrogens is 215 g/mol. The maximum atomic E-state index is 4.20. The first-order chi connectivity index (χ1) is 8.09. The smallest absolute Gasteiger partial charge is 0.232 e. The minimum absolute atomic E-state index is 0.0755. The minimum atomic E-state index is -0.0806. The second-order valence-corrected chi connectivity index (χ2v) is 4.79. The molecule has 0 atom stereocenters. The average molecular weight is 228 g/mol. The lowest BCUT2D eigenvalue weighted by atomic mass is 9.33. The van der Waals surface area contributed by atoms with Gasteiger partial charge in [0, 0.05) is 0 Å². The van der Waals surface area contributed by atoms with Crippen LogP contribution in [0.5, 0.6) is 0 Å². The Balaban J connectivity index is 2.48. The quantitative estimate of drug-likeness (QED) is 0.642. The molecule has 0 spiro atoms. The fourth-order valence-corrected chi connectivity index (χ4v) is 1.68. The van der Waals surface area contributed by atoms with Crippen LogP contribution in [0, 0.1) is 0 Å². The Hall–Kier alpha value is -1.92. The van der Waals surface area contributed by atoms with E-state index in [1.807, 2.05) is 0 Å². The van der Waals surface area contributed by atoms with Gasteiger partial charge in [-0.1, -0.05) is 20.8 Å². The molecule has 0 amide bonds. The summed E-state index contributed by atoms with van der Waals surface area (Å²) < 4.78 is 0. The predicted octanol–water partition coefficient (Wildman–Crippen LogP) is -0.534. The van der Waals surface area contributed by atoms with Gasteiger partial charge in [0.15, 0.2) is 0 Å². The van der Waals surface area contributed by atoms with E-state index in [-0.39, 0.29) is 12.0 Å². The summed E-state index contributed by atoms with van der Waals surface area (Å²) in [4.78, 5) is 24.5. The van der Waals surface area contributed by atoms with Gasteiger partial charge in [-0.25, -0.2) is 29.9 Å². The van der Waals surface area contributed by atoms with E-state index in [0.717, 1.165) is 0 Å². The van der Waals surface area contributed by atoms with Crippen molar-refractivity contribution in [2.75, 3.05) is 0 Å². The van der Waals surface area contributed by atoms with Gasteiger partial charge in [0.2, 0.25) is 0 Å². The molecule has 0 saturated heterocycles. The summed E-state index contributed by atoms with van der Waals surface area (Å²) in [6, 6.07) is 0. The molecule has 2 rings (SSSR count). The summed E-state index contributed by atoms with van der Waals surface area (Å²) >= 11 is 0. The van der Waals surface area contributed by atoms with Crippen molar-refractivity contribution < 1.29 is 0 Å². The normalized spacial score (nSPS) is 11.2. The van der Waals surface area contributed by atoms with E-state index in [1.165, 1.54) is 25.3 Å². The van der Waals surface area contributed by atoms with E-state index in [4.69, 9.17) is 0 Å². The van der Waals surface area contributed by atoms with E-state index in [9.17, 15) is 0 Å². The lowest BCUT2D eigenvalue weighted by Gasteiger charge is -2.24. The Morgan fingerprint density at radius 3 is 1.41 bits per heavy atom. The van der Waals surface area contributed by atoms with Gasteiger partial charge in [0.25, 0.3) is 0 Å². The van der Waals surface area contributed by atoms with Gasteiger partial charge in [0.05, 0.1) is 0 Å². The van der Waals surface area contributed by atoms with Gasteiger partial charge in [-0.15, -0.1) is 0 Å². The van der Waals surface area contributed by atoms with Crippen LogP contribution < -0.4 is 11.4 Å². The summed E-state index contributed by atoms with van der Waals surface area (Å²) in [5, 5.41) is -0.0806. The van der Waals surface area contributed by atoms with Crippen LogP contribution in [0.2, 0.25) is 5.31 Å². The van der Waals surface area contributed by atoms with E-state index >= 15 is 0 Å². The van der Waals surface area contributed by atoms with Crippen molar-refractivity contribution in [1.82, 2.24) is 29.9 Å². The molecular formula is C10H13BN6. The molecule has 0 N–H and O–H groups in total. The standard InChI is InChI=1S/C10H13BN6/c1-10(2,3)11(8-14-4-12-5-15-8)9-16-6-13-7-17-9/h4-7H,1-3H3. The van der Waals surface area contributed by atoms with Crippen molar-refractivity contribution >= 4 is 18.2 Å². The maximum Gasteiger partial charge on any atom is 0.311 e. The van der Waals surface area contributed by atoms with Gasteiger partial charge in [0.1, 0.15) is 36.8 Å². The summed E-state index contributed by atoms with van der Waals surface area (Å²) in [5.74, 6) is 0. The highest BCUT2D eigenvalue weighted by Gasteiger charge is 2.37. The zero-order valence-electron chi connectivity index (χ0n) is 10.1. The van der Waals surface area contributed by atoms with Gasteiger partial charge in [-0.05, 0) is 5.31 Å². The van der Waals surface area contributed by atoms with Crippen LogP contribution in [0.25, 0.3) is 0 Å². The third kappa shape index (κ3) is 2.61. The van der Waals surface area contributed by atoms with Crippen LogP contribution in [-0.4, -0.2) is 36.6 Å². The highest BCUT2D eigenvalue weighted by Crippen LogP contribution is 2.24. The zero-order valence-corrected chi connectivity index (χ0v) is 10.1. The summed E-state index contributed by atoms with van der Waals surface area (Å²) in [5.41, 5.74) is 1.36. The number of nitrogens with zero attached hydrogens (tertiary/aromatic N) is 6. The van der Waals surface area contributed by atoms with Crippen molar-refractivity contribution in [2.45, 2.75) is 26.1 Å². The molecule has 0 aliphatic rings. The van der Waals surface area contributed by atoms with Crippen LogP contribution in [0.15, 0.2) is 25.3 Å². The lowest BCUT2D eigenvalue weighted by Crippen LogP contribution is -2.54. The molecule has 0 unspecified atom stereocenters. The zero-order chi connectivity index (χ0) is 12.3. The van der Waals surface area contributed by atoms with Crippen molar-refractivity contribution in [3.8, 4) is 0 Å². The Morgan fingerprint density at radius 1 is 0.765 bits per heavy atom. The molecule has 0 bridgehead atoms. The van der Waals surface area contributed by atoms with Crippen molar-refractivity contribution in [1.29, 1.82) is 0 Å². The van der Waals surface area contributed by atoms with Crippen LogP contribution in [0.4, 0.5) is 0 Å². The molecule has 2 aromatic heterocycles. The fourth-order valence-electron chi connectivity index (χ4n) is 1.68. The first-order valence-corrected chi connectivity index (χ1v) is 5.33. The first kappa shape index (κ1) is 11.6. The summed E-state index contributed by atoms with van der Waals surface area (Å²) in [6.45, 7) is 6.23. The Bertz CT molecular complexity index is 430. The predicted molar refractivity (Wildman–Crippen MR) is 64.4 cm³/mol. The average Bonchev–Trinajstić information content (AvgIpc) is 2.30. The second kappa shape index (κ2) is 4.53. The van der Waals surface area contributed by atoms with E-state index < -0.39 is 0 Å². The lowest BCUT2D eigenvalue weighted by molar-refractivity contribution is 0.743. The van der Waals surface area contributed by atoms with Crippen LogP contribution >= 0.6 is 0 Å². The number of hydrogen-bond donors (Lipinski definition) is 0. The monoisotopic (exact) mass is 228 g/mol. The summed E-state index contributed by atoms with van der Waals surface area (Å²) in [6.07, 6.45) is 5.95. The Morgan fingerprint density at radius 2 is 1.12 bits per heavy atom.